The molecule has 112 valence electrons. The Kier molecular flexibility index (Phi) is 5.86. The minimum atomic E-state index is -0.259. The van der Waals surface area contributed by atoms with E-state index < -0.39 is 0 Å². The molecule has 20 heavy (non-hydrogen) atoms. The molecule has 0 amide bonds. The van der Waals surface area contributed by atoms with Crippen LogP contribution in [0.15, 0.2) is 18.2 Å². The van der Waals surface area contributed by atoms with Gasteiger partial charge in [-0.05, 0) is 55.3 Å². The molecule has 0 heterocycles. The summed E-state index contributed by atoms with van der Waals surface area (Å²) in [7, 11) is 0. The van der Waals surface area contributed by atoms with E-state index in [1.165, 1.54) is 37.8 Å². The van der Waals surface area contributed by atoms with Crippen LogP contribution in [0.3, 0.4) is 0 Å². The Morgan fingerprint density at radius 2 is 2.20 bits per heavy atom. The summed E-state index contributed by atoms with van der Waals surface area (Å²) in [6.07, 6.45) is 6.18. The van der Waals surface area contributed by atoms with Crippen LogP contribution < -0.4 is 5.32 Å². The summed E-state index contributed by atoms with van der Waals surface area (Å²) >= 11 is 6.28. The molecular weight excluding hydrogens is 273 g/mol. The standard InChI is InChI=1S/C17H25ClFN/c1-3-9-20-17(13-6-4-5-12(2)10-13)15-8-7-14(19)11-16(15)18/h7-8,11-13,17,20H,3-6,9-10H2,1-2H3. The molecule has 1 nitrogen and oxygen atoms in total. The van der Waals surface area contributed by atoms with Crippen LogP contribution in [0.5, 0.6) is 0 Å². The van der Waals surface area contributed by atoms with E-state index in [4.69, 9.17) is 11.6 Å². The number of nitrogens with one attached hydrogen (secondary N) is 1. The molecule has 1 N–H and O–H groups in total. The first-order valence-corrected chi connectivity index (χ1v) is 8.18. The zero-order valence-corrected chi connectivity index (χ0v) is 13.2. The van der Waals surface area contributed by atoms with Crippen molar-refractivity contribution in [3.63, 3.8) is 0 Å². The second kappa shape index (κ2) is 7.42. The molecule has 2 rings (SSSR count). The third kappa shape index (κ3) is 3.95. The number of rotatable bonds is 5. The minimum Gasteiger partial charge on any atom is -0.310 e. The highest BCUT2D eigenvalue weighted by Gasteiger charge is 2.28. The summed E-state index contributed by atoms with van der Waals surface area (Å²) in [5.41, 5.74) is 1.06. The van der Waals surface area contributed by atoms with Crippen LogP contribution in [-0.4, -0.2) is 6.54 Å². The maximum Gasteiger partial charge on any atom is 0.124 e. The number of hydrogen-bond acceptors (Lipinski definition) is 1. The van der Waals surface area contributed by atoms with Gasteiger partial charge in [0, 0.05) is 11.1 Å². The molecule has 3 atom stereocenters. The van der Waals surface area contributed by atoms with Gasteiger partial charge in [0.15, 0.2) is 0 Å². The highest BCUT2D eigenvalue weighted by molar-refractivity contribution is 6.31. The molecule has 0 aromatic heterocycles. The SMILES string of the molecule is CCCNC(c1ccc(F)cc1Cl)C1CCCC(C)C1. The smallest absolute Gasteiger partial charge is 0.124 e. The van der Waals surface area contributed by atoms with E-state index in [0.29, 0.717) is 10.9 Å². The maximum atomic E-state index is 13.3. The lowest BCUT2D eigenvalue weighted by molar-refractivity contribution is 0.223. The molecule has 3 heteroatoms. The number of halogens is 2. The summed E-state index contributed by atoms with van der Waals surface area (Å²) in [4.78, 5) is 0. The molecule has 1 saturated carbocycles. The van der Waals surface area contributed by atoms with Crippen LogP contribution in [-0.2, 0) is 0 Å². The molecule has 0 saturated heterocycles. The molecule has 0 bridgehead atoms. The van der Waals surface area contributed by atoms with Gasteiger partial charge in [0.1, 0.15) is 5.82 Å². The van der Waals surface area contributed by atoms with E-state index >= 15 is 0 Å². The fraction of sp³-hybridized carbons (Fsp3) is 0.647. The van der Waals surface area contributed by atoms with Crippen molar-refractivity contribution in [1.82, 2.24) is 5.32 Å². The lowest BCUT2D eigenvalue weighted by atomic mass is 9.76. The second-order valence-corrected chi connectivity index (χ2v) is 6.54. The van der Waals surface area contributed by atoms with Gasteiger partial charge in [0.2, 0.25) is 0 Å². The lowest BCUT2D eigenvalue weighted by Crippen LogP contribution is -2.32. The highest BCUT2D eigenvalue weighted by Crippen LogP contribution is 2.39. The minimum absolute atomic E-state index is 0.255. The fourth-order valence-corrected chi connectivity index (χ4v) is 3.65. The Morgan fingerprint density at radius 1 is 1.40 bits per heavy atom. The fourth-order valence-electron chi connectivity index (χ4n) is 3.37. The van der Waals surface area contributed by atoms with E-state index in [1.54, 1.807) is 0 Å². The van der Waals surface area contributed by atoms with Crippen LogP contribution in [0, 0.1) is 17.7 Å². The molecule has 1 aliphatic carbocycles. The van der Waals surface area contributed by atoms with Gasteiger partial charge in [-0.3, -0.25) is 0 Å². The van der Waals surface area contributed by atoms with Crippen molar-refractivity contribution in [3.05, 3.63) is 34.6 Å². The van der Waals surface area contributed by atoms with Crippen LogP contribution in [0.1, 0.15) is 57.6 Å². The third-order valence-electron chi connectivity index (χ3n) is 4.36. The Labute approximate surface area is 126 Å². The Balaban J connectivity index is 2.21. The van der Waals surface area contributed by atoms with Crippen LogP contribution in [0.4, 0.5) is 4.39 Å². The van der Waals surface area contributed by atoms with Crippen molar-refractivity contribution in [1.29, 1.82) is 0 Å². The van der Waals surface area contributed by atoms with Crippen molar-refractivity contribution >= 4 is 11.6 Å². The maximum absolute atomic E-state index is 13.3. The molecule has 0 radical (unpaired) electrons. The van der Waals surface area contributed by atoms with Crippen molar-refractivity contribution in [2.24, 2.45) is 11.8 Å². The zero-order chi connectivity index (χ0) is 14.5. The zero-order valence-electron chi connectivity index (χ0n) is 12.5. The van der Waals surface area contributed by atoms with E-state index in [2.05, 4.69) is 19.2 Å². The van der Waals surface area contributed by atoms with Crippen molar-refractivity contribution in [2.45, 2.75) is 52.0 Å². The molecule has 1 aromatic rings. The predicted octanol–water partition coefficient (Wildman–Crippen LogP) is 5.35. The first-order valence-electron chi connectivity index (χ1n) is 7.80. The first kappa shape index (κ1) is 15.8. The van der Waals surface area contributed by atoms with Crippen LogP contribution >= 0.6 is 11.6 Å². The third-order valence-corrected chi connectivity index (χ3v) is 4.69. The Morgan fingerprint density at radius 3 is 2.85 bits per heavy atom. The van der Waals surface area contributed by atoms with E-state index in [-0.39, 0.29) is 11.9 Å². The van der Waals surface area contributed by atoms with Gasteiger partial charge in [0.25, 0.3) is 0 Å². The molecule has 1 aliphatic rings. The lowest BCUT2D eigenvalue weighted by Gasteiger charge is -2.34. The molecular formula is C17H25ClFN. The molecule has 1 aromatic carbocycles. The summed E-state index contributed by atoms with van der Waals surface area (Å²) in [5, 5.41) is 4.18. The van der Waals surface area contributed by atoms with Gasteiger partial charge in [0.05, 0.1) is 0 Å². The monoisotopic (exact) mass is 297 g/mol. The van der Waals surface area contributed by atoms with E-state index in [9.17, 15) is 4.39 Å². The Bertz CT molecular complexity index is 435. The summed E-state index contributed by atoms with van der Waals surface area (Å²) in [6, 6.07) is 5.06. The quantitative estimate of drug-likeness (QED) is 0.773. The van der Waals surface area contributed by atoms with Gasteiger partial charge >= 0.3 is 0 Å². The van der Waals surface area contributed by atoms with Crippen LogP contribution in [0.25, 0.3) is 0 Å². The van der Waals surface area contributed by atoms with Gasteiger partial charge in [-0.15, -0.1) is 0 Å². The molecule has 0 spiro atoms. The average molecular weight is 298 g/mol. The molecule has 3 unspecified atom stereocenters. The topological polar surface area (TPSA) is 12.0 Å². The average Bonchev–Trinajstić information content (AvgIpc) is 2.41. The van der Waals surface area contributed by atoms with Gasteiger partial charge in [-0.2, -0.15) is 0 Å². The molecule has 0 aliphatic heterocycles. The van der Waals surface area contributed by atoms with E-state index in [1.807, 2.05) is 6.07 Å². The first-order chi connectivity index (χ1) is 9.61. The highest BCUT2D eigenvalue weighted by atomic mass is 35.5. The second-order valence-electron chi connectivity index (χ2n) is 6.13. The largest absolute Gasteiger partial charge is 0.310 e. The Hall–Kier alpha value is -0.600. The number of benzene rings is 1. The van der Waals surface area contributed by atoms with Gasteiger partial charge in [-0.1, -0.05) is 44.4 Å². The van der Waals surface area contributed by atoms with Crippen molar-refractivity contribution in [2.75, 3.05) is 6.54 Å². The van der Waals surface area contributed by atoms with E-state index in [0.717, 1.165) is 24.4 Å². The predicted molar refractivity (Wildman–Crippen MR) is 83.6 cm³/mol. The summed E-state index contributed by atoms with van der Waals surface area (Å²) in [6.45, 7) is 5.47. The molecule has 1 fully saturated rings. The summed E-state index contributed by atoms with van der Waals surface area (Å²) in [5.74, 6) is 1.12. The summed E-state index contributed by atoms with van der Waals surface area (Å²) < 4.78 is 13.3. The van der Waals surface area contributed by atoms with Gasteiger partial charge in [-0.25, -0.2) is 4.39 Å². The van der Waals surface area contributed by atoms with Crippen molar-refractivity contribution in [3.8, 4) is 0 Å². The normalized spacial score (nSPS) is 24.6. The number of hydrogen-bond donors (Lipinski definition) is 1. The van der Waals surface area contributed by atoms with Gasteiger partial charge < -0.3 is 5.32 Å². The van der Waals surface area contributed by atoms with Crippen LogP contribution in [0.2, 0.25) is 5.02 Å². The van der Waals surface area contributed by atoms with Crippen molar-refractivity contribution < 1.29 is 4.39 Å².